The lowest BCUT2D eigenvalue weighted by Crippen LogP contribution is -2.33. The van der Waals surface area contributed by atoms with Gasteiger partial charge in [-0.15, -0.1) is 0 Å². The van der Waals surface area contributed by atoms with Crippen LogP contribution in [-0.2, 0) is 4.74 Å². The fraction of sp³-hybridized carbons (Fsp3) is 0.611. The third-order valence-corrected chi connectivity index (χ3v) is 3.80. The van der Waals surface area contributed by atoms with E-state index in [2.05, 4.69) is 15.6 Å². The smallest absolute Gasteiger partial charge is 0.407 e. The topological polar surface area (TPSA) is 80.3 Å². The van der Waals surface area contributed by atoms with E-state index in [1.807, 2.05) is 20.8 Å². The predicted octanol–water partition coefficient (Wildman–Crippen LogP) is 3.53. The SMILES string of the molecule is CC(C)(C)OC(=O)NCCCC(=O)c1cccnc1NC1CCC1. The van der Waals surface area contributed by atoms with E-state index in [4.69, 9.17) is 4.74 Å². The van der Waals surface area contributed by atoms with Crippen molar-refractivity contribution in [3.63, 3.8) is 0 Å². The van der Waals surface area contributed by atoms with Crippen molar-refractivity contribution in [3.05, 3.63) is 23.9 Å². The largest absolute Gasteiger partial charge is 0.444 e. The zero-order valence-electron chi connectivity index (χ0n) is 14.7. The van der Waals surface area contributed by atoms with E-state index >= 15 is 0 Å². The van der Waals surface area contributed by atoms with Gasteiger partial charge in [-0.2, -0.15) is 0 Å². The second kappa shape index (κ2) is 8.13. The summed E-state index contributed by atoms with van der Waals surface area (Å²) in [6.07, 6.45) is 5.65. The summed E-state index contributed by atoms with van der Waals surface area (Å²) in [6, 6.07) is 4.01. The molecule has 0 spiro atoms. The zero-order chi connectivity index (χ0) is 17.6. The van der Waals surface area contributed by atoms with Crippen molar-refractivity contribution in [3.8, 4) is 0 Å². The molecule has 1 aromatic rings. The van der Waals surface area contributed by atoms with Gasteiger partial charge in [-0.05, 0) is 58.6 Å². The molecule has 0 saturated heterocycles. The van der Waals surface area contributed by atoms with Crippen LogP contribution in [0.3, 0.4) is 0 Å². The Kier molecular flexibility index (Phi) is 6.17. The minimum atomic E-state index is -0.516. The Balaban J connectivity index is 1.77. The molecule has 6 heteroatoms. The molecule has 24 heavy (non-hydrogen) atoms. The monoisotopic (exact) mass is 333 g/mol. The second-order valence-corrected chi connectivity index (χ2v) is 7.13. The van der Waals surface area contributed by atoms with Gasteiger partial charge < -0.3 is 15.4 Å². The summed E-state index contributed by atoms with van der Waals surface area (Å²) in [4.78, 5) is 28.2. The number of nitrogens with zero attached hydrogens (tertiary/aromatic N) is 1. The molecule has 2 rings (SSSR count). The Bertz CT molecular complexity index is 577. The van der Waals surface area contributed by atoms with Crippen molar-refractivity contribution < 1.29 is 14.3 Å². The number of anilines is 1. The molecule has 132 valence electrons. The minimum absolute atomic E-state index is 0.0379. The van der Waals surface area contributed by atoms with E-state index in [0.717, 1.165) is 12.8 Å². The molecule has 0 aromatic carbocycles. The van der Waals surface area contributed by atoms with Crippen LogP contribution in [0.15, 0.2) is 18.3 Å². The lowest BCUT2D eigenvalue weighted by atomic mass is 9.93. The third kappa shape index (κ3) is 5.83. The van der Waals surface area contributed by atoms with E-state index in [1.165, 1.54) is 6.42 Å². The first kappa shape index (κ1) is 18.2. The molecule has 1 fully saturated rings. The van der Waals surface area contributed by atoms with Crippen molar-refractivity contribution in [1.29, 1.82) is 0 Å². The van der Waals surface area contributed by atoms with Crippen molar-refractivity contribution in [2.45, 2.75) is 64.5 Å². The van der Waals surface area contributed by atoms with Gasteiger partial charge in [0.15, 0.2) is 5.78 Å². The molecule has 6 nitrogen and oxygen atoms in total. The number of amides is 1. The normalized spacial score (nSPS) is 14.6. The maximum absolute atomic E-state index is 12.4. The molecule has 1 aliphatic rings. The summed E-state index contributed by atoms with van der Waals surface area (Å²) >= 11 is 0. The number of aromatic nitrogens is 1. The lowest BCUT2D eigenvalue weighted by Gasteiger charge is -2.27. The van der Waals surface area contributed by atoms with Crippen LogP contribution in [0.4, 0.5) is 10.6 Å². The van der Waals surface area contributed by atoms with E-state index in [9.17, 15) is 9.59 Å². The van der Waals surface area contributed by atoms with Crippen LogP contribution in [0.5, 0.6) is 0 Å². The fourth-order valence-electron chi connectivity index (χ4n) is 2.38. The van der Waals surface area contributed by atoms with Crippen LogP contribution in [0.2, 0.25) is 0 Å². The van der Waals surface area contributed by atoms with Gasteiger partial charge in [-0.25, -0.2) is 9.78 Å². The average molecular weight is 333 g/mol. The lowest BCUT2D eigenvalue weighted by molar-refractivity contribution is 0.0525. The molecule has 0 atom stereocenters. The first-order valence-electron chi connectivity index (χ1n) is 8.57. The molecular formula is C18H27N3O3. The molecule has 0 bridgehead atoms. The summed E-state index contributed by atoms with van der Waals surface area (Å²) in [5, 5.41) is 6.01. The Hall–Kier alpha value is -2.11. The van der Waals surface area contributed by atoms with Gasteiger partial charge in [0.25, 0.3) is 0 Å². The summed E-state index contributed by atoms with van der Waals surface area (Å²) in [6.45, 7) is 5.85. The van der Waals surface area contributed by atoms with Crippen LogP contribution in [0, 0.1) is 0 Å². The summed E-state index contributed by atoms with van der Waals surface area (Å²) in [5.74, 6) is 0.711. The number of carbonyl (C=O) groups is 2. The quantitative estimate of drug-likeness (QED) is 0.589. The maximum atomic E-state index is 12.4. The van der Waals surface area contributed by atoms with Gasteiger partial charge in [0.1, 0.15) is 11.4 Å². The molecule has 1 heterocycles. The van der Waals surface area contributed by atoms with Crippen LogP contribution >= 0.6 is 0 Å². The molecule has 1 amide bonds. The van der Waals surface area contributed by atoms with Crippen molar-refractivity contribution in [1.82, 2.24) is 10.3 Å². The summed E-state index contributed by atoms with van der Waals surface area (Å²) in [5.41, 5.74) is 0.110. The number of alkyl carbamates (subject to hydrolysis) is 1. The molecule has 1 aliphatic carbocycles. The number of Topliss-reactive ketones (excluding diaryl/α,β-unsaturated/α-hetero) is 1. The molecular weight excluding hydrogens is 306 g/mol. The summed E-state index contributed by atoms with van der Waals surface area (Å²) in [7, 11) is 0. The number of pyridine rings is 1. The van der Waals surface area contributed by atoms with Gasteiger partial charge in [0.2, 0.25) is 0 Å². The first-order valence-corrected chi connectivity index (χ1v) is 8.57. The van der Waals surface area contributed by atoms with Crippen LogP contribution in [0.25, 0.3) is 0 Å². The second-order valence-electron chi connectivity index (χ2n) is 7.13. The molecule has 0 radical (unpaired) electrons. The highest BCUT2D eigenvalue weighted by Crippen LogP contribution is 2.24. The third-order valence-electron chi connectivity index (χ3n) is 3.80. The number of hydrogen-bond acceptors (Lipinski definition) is 5. The molecule has 1 aromatic heterocycles. The number of ketones is 1. The van der Waals surface area contributed by atoms with Crippen LogP contribution in [0.1, 0.15) is 63.2 Å². The Morgan fingerprint density at radius 1 is 1.33 bits per heavy atom. The van der Waals surface area contributed by atoms with Crippen molar-refractivity contribution in [2.75, 3.05) is 11.9 Å². The summed E-state index contributed by atoms with van der Waals surface area (Å²) < 4.78 is 5.16. The van der Waals surface area contributed by atoms with Gasteiger partial charge in [-0.1, -0.05) is 0 Å². The standard InChI is InChI=1S/C18H27N3O3/c1-18(2,3)24-17(23)20-12-6-10-15(22)14-9-5-11-19-16(14)21-13-7-4-8-13/h5,9,11,13H,4,6-8,10,12H2,1-3H3,(H,19,21)(H,20,23). The molecule has 1 saturated carbocycles. The van der Waals surface area contributed by atoms with Gasteiger partial charge >= 0.3 is 6.09 Å². The molecule has 0 unspecified atom stereocenters. The van der Waals surface area contributed by atoms with Gasteiger partial charge in [0.05, 0.1) is 5.56 Å². The highest BCUT2D eigenvalue weighted by atomic mass is 16.6. The molecule has 2 N–H and O–H groups in total. The van der Waals surface area contributed by atoms with Gasteiger partial charge in [-0.3, -0.25) is 4.79 Å². The number of hydrogen-bond donors (Lipinski definition) is 2. The number of ether oxygens (including phenoxy) is 1. The van der Waals surface area contributed by atoms with E-state index < -0.39 is 11.7 Å². The van der Waals surface area contributed by atoms with Crippen LogP contribution in [-0.4, -0.2) is 35.0 Å². The van der Waals surface area contributed by atoms with Crippen molar-refractivity contribution in [2.24, 2.45) is 0 Å². The highest BCUT2D eigenvalue weighted by Gasteiger charge is 2.20. The molecule has 0 aliphatic heterocycles. The van der Waals surface area contributed by atoms with E-state index in [1.54, 1.807) is 18.3 Å². The maximum Gasteiger partial charge on any atom is 0.407 e. The Morgan fingerprint density at radius 3 is 2.71 bits per heavy atom. The predicted molar refractivity (Wildman–Crippen MR) is 93.3 cm³/mol. The fourth-order valence-corrected chi connectivity index (χ4v) is 2.38. The zero-order valence-corrected chi connectivity index (χ0v) is 14.7. The number of carbonyl (C=O) groups excluding carboxylic acids is 2. The van der Waals surface area contributed by atoms with E-state index in [0.29, 0.717) is 36.8 Å². The Labute approximate surface area is 143 Å². The average Bonchev–Trinajstić information content (AvgIpc) is 2.46. The van der Waals surface area contributed by atoms with Crippen LogP contribution < -0.4 is 10.6 Å². The van der Waals surface area contributed by atoms with E-state index in [-0.39, 0.29) is 5.78 Å². The van der Waals surface area contributed by atoms with Crippen molar-refractivity contribution >= 4 is 17.7 Å². The minimum Gasteiger partial charge on any atom is -0.444 e. The number of rotatable bonds is 7. The van der Waals surface area contributed by atoms with Gasteiger partial charge in [0, 0.05) is 25.2 Å². The highest BCUT2D eigenvalue weighted by molar-refractivity contribution is 6.00. The Morgan fingerprint density at radius 2 is 2.08 bits per heavy atom. The number of nitrogens with one attached hydrogen (secondary N) is 2. The first-order chi connectivity index (χ1) is 11.3.